The zero-order chi connectivity index (χ0) is 17.2. The van der Waals surface area contributed by atoms with Crippen LogP contribution >= 0.6 is 0 Å². The highest BCUT2D eigenvalue weighted by atomic mass is 19.1. The molecule has 0 atom stereocenters. The van der Waals surface area contributed by atoms with Crippen LogP contribution in [0.3, 0.4) is 0 Å². The van der Waals surface area contributed by atoms with E-state index in [0.29, 0.717) is 28.4 Å². The second-order valence-corrected chi connectivity index (χ2v) is 5.27. The number of aromatic nitrogens is 5. The maximum atomic E-state index is 14.0. The van der Waals surface area contributed by atoms with Crippen molar-refractivity contribution < 1.29 is 9.50 Å². The number of halogens is 1. The van der Waals surface area contributed by atoms with Crippen LogP contribution in [0.25, 0.3) is 17.0 Å². The molecule has 0 aliphatic carbocycles. The Balaban J connectivity index is 1.90. The van der Waals surface area contributed by atoms with Crippen LogP contribution < -0.4 is 5.32 Å². The van der Waals surface area contributed by atoms with E-state index >= 15 is 0 Å². The van der Waals surface area contributed by atoms with Crippen LogP contribution in [0.15, 0.2) is 55.1 Å². The van der Waals surface area contributed by atoms with Gasteiger partial charge in [-0.3, -0.25) is 9.97 Å². The molecule has 0 saturated heterocycles. The van der Waals surface area contributed by atoms with Gasteiger partial charge in [-0.05, 0) is 24.3 Å². The van der Waals surface area contributed by atoms with Crippen LogP contribution in [0.1, 0.15) is 5.56 Å². The van der Waals surface area contributed by atoms with Crippen molar-refractivity contribution in [1.82, 2.24) is 24.6 Å². The lowest BCUT2D eigenvalue weighted by Gasteiger charge is -2.11. The summed E-state index contributed by atoms with van der Waals surface area (Å²) in [5.41, 5.74) is 2.01. The molecule has 2 N–H and O–H groups in total. The number of pyridine rings is 2. The van der Waals surface area contributed by atoms with Gasteiger partial charge in [0.25, 0.3) is 0 Å². The molecule has 0 amide bonds. The minimum Gasteiger partial charge on any atom is -0.392 e. The number of nitrogens with zero attached hydrogens (tertiary/aromatic N) is 5. The summed E-state index contributed by atoms with van der Waals surface area (Å²) in [4.78, 5) is 12.5. The van der Waals surface area contributed by atoms with Crippen LogP contribution in [0, 0.1) is 5.82 Å². The average molecular weight is 336 g/mol. The second kappa shape index (κ2) is 6.25. The number of nitrogens with one attached hydrogen (secondary N) is 1. The third-order valence-electron chi connectivity index (χ3n) is 3.68. The highest BCUT2D eigenvalue weighted by Gasteiger charge is 2.15. The molecule has 0 aliphatic rings. The van der Waals surface area contributed by atoms with Crippen molar-refractivity contribution in [2.24, 2.45) is 0 Å². The third-order valence-corrected chi connectivity index (χ3v) is 3.68. The SMILES string of the molecule is OCc1ccn2nc(-c3ccccn3)nc(Nc3ccncc3F)c12. The van der Waals surface area contributed by atoms with E-state index in [2.05, 4.69) is 25.4 Å². The molecule has 4 heterocycles. The fourth-order valence-electron chi connectivity index (χ4n) is 2.51. The van der Waals surface area contributed by atoms with Crippen LogP contribution in [0.4, 0.5) is 15.9 Å². The van der Waals surface area contributed by atoms with Crippen molar-refractivity contribution in [3.05, 3.63) is 66.5 Å². The molecule has 0 spiro atoms. The van der Waals surface area contributed by atoms with Gasteiger partial charge in [0.15, 0.2) is 11.6 Å². The monoisotopic (exact) mass is 336 g/mol. The first-order chi connectivity index (χ1) is 12.3. The quantitative estimate of drug-likeness (QED) is 0.595. The van der Waals surface area contributed by atoms with Crippen molar-refractivity contribution in [3.63, 3.8) is 0 Å². The van der Waals surface area contributed by atoms with Crippen LogP contribution in [0.2, 0.25) is 0 Å². The molecule has 0 aliphatic heterocycles. The van der Waals surface area contributed by atoms with Gasteiger partial charge in [-0.15, -0.1) is 5.10 Å². The number of aliphatic hydroxyl groups excluding tert-OH is 1. The van der Waals surface area contributed by atoms with Crippen molar-refractivity contribution in [3.8, 4) is 11.5 Å². The summed E-state index contributed by atoms with van der Waals surface area (Å²) in [5.74, 6) is 0.246. The predicted molar refractivity (Wildman–Crippen MR) is 89.6 cm³/mol. The van der Waals surface area contributed by atoms with Crippen molar-refractivity contribution in [1.29, 1.82) is 0 Å². The van der Waals surface area contributed by atoms with Gasteiger partial charge < -0.3 is 10.4 Å². The Morgan fingerprint density at radius 1 is 1.16 bits per heavy atom. The van der Waals surface area contributed by atoms with Crippen LogP contribution in [-0.2, 0) is 6.61 Å². The predicted octanol–water partition coefficient (Wildman–Crippen LogP) is 2.56. The minimum atomic E-state index is -0.504. The number of hydrogen-bond acceptors (Lipinski definition) is 6. The van der Waals surface area contributed by atoms with E-state index in [-0.39, 0.29) is 12.3 Å². The Morgan fingerprint density at radius 2 is 2.08 bits per heavy atom. The Kier molecular flexibility index (Phi) is 3.79. The summed E-state index contributed by atoms with van der Waals surface area (Å²) in [6.07, 6.45) is 5.95. The van der Waals surface area contributed by atoms with Crippen molar-refractivity contribution in [2.45, 2.75) is 6.61 Å². The van der Waals surface area contributed by atoms with E-state index in [1.165, 1.54) is 12.3 Å². The van der Waals surface area contributed by atoms with Crippen LogP contribution in [0.5, 0.6) is 0 Å². The summed E-state index contributed by atoms with van der Waals surface area (Å²) in [6, 6.07) is 8.66. The van der Waals surface area contributed by atoms with Crippen molar-refractivity contribution in [2.75, 3.05) is 5.32 Å². The second-order valence-electron chi connectivity index (χ2n) is 5.27. The van der Waals surface area contributed by atoms with Gasteiger partial charge in [0.1, 0.15) is 11.2 Å². The molecule has 124 valence electrons. The smallest absolute Gasteiger partial charge is 0.200 e. The molecular formula is C17H13FN6O. The minimum absolute atomic E-state index is 0.184. The fourth-order valence-corrected chi connectivity index (χ4v) is 2.51. The first kappa shape index (κ1) is 15.2. The maximum Gasteiger partial charge on any atom is 0.200 e. The largest absolute Gasteiger partial charge is 0.392 e. The number of hydrogen-bond donors (Lipinski definition) is 2. The Hall–Kier alpha value is -3.39. The lowest BCUT2D eigenvalue weighted by molar-refractivity contribution is 0.283. The van der Waals surface area contributed by atoms with E-state index in [1.807, 2.05) is 6.07 Å². The summed E-state index contributed by atoms with van der Waals surface area (Å²) in [6.45, 7) is -0.184. The number of fused-ring (bicyclic) bond motifs is 1. The number of anilines is 2. The summed E-state index contributed by atoms with van der Waals surface area (Å²) in [5, 5.41) is 16.9. The van der Waals surface area contributed by atoms with Gasteiger partial charge in [0.2, 0.25) is 5.82 Å². The van der Waals surface area contributed by atoms with Gasteiger partial charge in [-0.2, -0.15) is 0 Å². The van der Waals surface area contributed by atoms with Crippen LogP contribution in [-0.4, -0.2) is 29.7 Å². The topological polar surface area (TPSA) is 88.2 Å². The van der Waals surface area contributed by atoms with Crippen molar-refractivity contribution >= 4 is 17.0 Å². The molecule has 4 rings (SSSR count). The van der Waals surface area contributed by atoms with E-state index in [9.17, 15) is 9.50 Å². The summed E-state index contributed by atoms with van der Waals surface area (Å²) >= 11 is 0. The Bertz CT molecular complexity index is 1030. The molecule has 0 bridgehead atoms. The molecule has 4 aromatic heterocycles. The van der Waals surface area contributed by atoms with E-state index in [1.54, 1.807) is 35.1 Å². The average Bonchev–Trinajstić information content (AvgIpc) is 3.08. The Labute approximate surface area is 141 Å². The number of aliphatic hydroxyl groups is 1. The molecule has 0 radical (unpaired) electrons. The van der Waals surface area contributed by atoms with Gasteiger partial charge in [0, 0.05) is 24.2 Å². The lowest BCUT2D eigenvalue weighted by Crippen LogP contribution is -2.06. The first-order valence-electron chi connectivity index (χ1n) is 7.53. The standard InChI is InChI=1S/C17H13FN6O/c18-12-9-19-7-4-13(12)21-17-15-11(10-25)5-8-24(15)23-16(22-17)14-3-1-2-6-20-14/h1-9,25H,10H2,(H,19,21,22,23). The number of rotatable bonds is 4. The highest BCUT2D eigenvalue weighted by Crippen LogP contribution is 2.26. The van der Waals surface area contributed by atoms with Gasteiger partial charge >= 0.3 is 0 Å². The molecule has 0 unspecified atom stereocenters. The summed E-state index contributed by atoms with van der Waals surface area (Å²) in [7, 11) is 0. The third kappa shape index (κ3) is 2.79. The first-order valence-corrected chi connectivity index (χ1v) is 7.53. The molecule has 0 fully saturated rings. The normalized spacial score (nSPS) is 11.0. The maximum absolute atomic E-state index is 14.0. The summed E-state index contributed by atoms with van der Waals surface area (Å²) < 4.78 is 15.6. The van der Waals surface area contributed by atoms with Gasteiger partial charge in [-0.25, -0.2) is 13.9 Å². The van der Waals surface area contributed by atoms with E-state index in [4.69, 9.17) is 0 Å². The molecule has 7 nitrogen and oxygen atoms in total. The fraction of sp³-hybridized carbons (Fsp3) is 0.0588. The highest BCUT2D eigenvalue weighted by molar-refractivity contribution is 5.78. The van der Waals surface area contributed by atoms with Gasteiger partial charge in [0.05, 0.1) is 18.5 Å². The van der Waals surface area contributed by atoms with E-state index < -0.39 is 5.82 Å². The molecule has 25 heavy (non-hydrogen) atoms. The molecular weight excluding hydrogens is 323 g/mol. The zero-order valence-corrected chi connectivity index (χ0v) is 13.0. The van der Waals surface area contributed by atoms with E-state index in [0.717, 1.165) is 6.20 Å². The Morgan fingerprint density at radius 3 is 2.84 bits per heavy atom. The molecule has 4 aromatic rings. The zero-order valence-electron chi connectivity index (χ0n) is 13.0. The lowest BCUT2D eigenvalue weighted by atomic mass is 10.2. The van der Waals surface area contributed by atoms with Gasteiger partial charge in [-0.1, -0.05) is 6.07 Å². The molecule has 0 saturated carbocycles. The molecule has 0 aromatic carbocycles. The molecule has 8 heteroatoms.